The maximum atomic E-state index is 11.1. The third-order valence-electron chi connectivity index (χ3n) is 2.30. The molecule has 9 heteroatoms. The lowest BCUT2D eigenvalue weighted by atomic mass is 10.1. The molecule has 0 unspecified atom stereocenters. The van der Waals surface area contributed by atoms with Gasteiger partial charge in [0, 0.05) is 13.8 Å². The van der Waals surface area contributed by atoms with E-state index >= 15 is 0 Å². The number of rotatable bonds is 5. The van der Waals surface area contributed by atoms with Gasteiger partial charge in [0.15, 0.2) is 0 Å². The highest BCUT2D eigenvalue weighted by atomic mass is 79.9. The quantitative estimate of drug-likeness (QED) is 0.343. The highest BCUT2D eigenvalue weighted by molar-refractivity contribution is 9.10. The molecule has 1 rings (SSSR count). The van der Waals surface area contributed by atoms with Crippen LogP contribution in [0.25, 0.3) is 0 Å². The number of nitrogens with zero attached hydrogens (tertiary/aromatic N) is 1. The summed E-state index contributed by atoms with van der Waals surface area (Å²) in [6.45, 7) is 2.20. The predicted octanol–water partition coefficient (Wildman–Crippen LogP) is 2.49. The minimum atomic E-state index is -1.51. The van der Waals surface area contributed by atoms with Gasteiger partial charge in [0.05, 0.1) is 22.6 Å². The Kier molecular flexibility index (Phi) is 5.65. The Labute approximate surface area is 128 Å². The van der Waals surface area contributed by atoms with Gasteiger partial charge in [-0.25, -0.2) is 0 Å². The molecular weight excluding hydrogens is 350 g/mol. The Morgan fingerprint density at radius 1 is 1.24 bits per heavy atom. The van der Waals surface area contributed by atoms with Crippen LogP contribution in [-0.2, 0) is 19.1 Å². The van der Waals surface area contributed by atoms with Gasteiger partial charge in [0.25, 0.3) is 12.0 Å². The zero-order valence-corrected chi connectivity index (χ0v) is 13.0. The van der Waals surface area contributed by atoms with Crippen LogP contribution in [0.2, 0.25) is 0 Å². The zero-order chi connectivity index (χ0) is 16.2. The van der Waals surface area contributed by atoms with Crippen LogP contribution in [0.1, 0.15) is 25.7 Å². The van der Waals surface area contributed by atoms with E-state index in [9.17, 15) is 19.7 Å². The number of carbonyl (C=O) groups excluding carboxylic acids is 2. The van der Waals surface area contributed by atoms with Crippen LogP contribution in [0.5, 0.6) is 5.75 Å². The summed E-state index contributed by atoms with van der Waals surface area (Å²) >= 11 is 3.16. The number of nitro benzene ring substituents is 1. The third-order valence-corrected chi connectivity index (χ3v) is 2.92. The fourth-order valence-electron chi connectivity index (χ4n) is 1.51. The number of methoxy groups -OCH3 is 1. The van der Waals surface area contributed by atoms with E-state index in [1.165, 1.54) is 13.2 Å². The average Bonchev–Trinajstić information content (AvgIpc) is 2.36. The van der Waals surface area contributed by atoms with Crippen LogP contribution in [0, 0.1) is 10.1 Å². The zero-order valence-electron chi connectivity index (χ0n) is 11.4. The topological polar surface area (TPSA) is 105 Å². The molecule has 0 N–H and O–H groups in total. The molecule has 0 fully saturated rings. The Morgan fingerprint density at radius 3 is 2.14 bits per heavy atom. The lowest BCUT2D eigenvalue weighted by Crippen LogP contribution is -2.16. The summed E-state index contributed by atoms with van der Waals surface area (Å²) in [6, 6.07) is 2.44. The minimum absolute atomic E-state index is 0.0851. The van der Waals surface area contributed by atoms with Crippen LogP contribution < -0.4 is 4.74 Å². The fraction of sp³-hybridized carbons (Fsp3) is 0.333. The molecule has 21 heavy (non-hydrogen) atoms. The van der Waals surface area contributed by atoms with Gasteiger partial charge in [-0.05, 0) is 22.0 Å². The van der Waals surface area contributed by atoms with E-state index in [4.69, 9.17) is 14.2 Å². The van der Waals surface area contributed by atoms with Crippen molar-refractivity contribution in [1.82, 2.24) is 0 Å². The predicted molar refractivity (Wildman–Crippen MR) is 73.6 cm³/mol. The molecule has 0 aliphatic heterocycles. The lowest BCUT2D eigenvalue weighted by Gasteiger charge is -2.17. The molecule has 8 nitrogen and oxygen atoms in total. The van der Waals surface area contributed by atoms with Crippen LogP contribution in [0.4, 0.5) is 5.69 Å². The number of halogens is 1. The lowest BCUT2D eigenvalue weighted by molar-refractivity contribution is -0.386. The standard InChI is InChI=1S/C12H12BrNO7/c1-6(15)20-12(21-7(2)16)8-4-9(13)11(19-3)5-10(8)14(17)18/h4-5,12H,1-3H3. The van der Waals surface area contributed by atoms with Crippen LogP contribution in [-0.4, -0.2) is 24.0 Å². The van der Waals surface area contributed by atoms with Crippen molar-refractivity contribution in [3.8, 4) is 5.75 Å². The fourth-order valence-corrected chi connectivity index (χ4v) is 2.04. The summed E-state index contributed by atoms with van der Waals surface area (Å²) in [5, 5.41) is 11.1. The Bertz CT molecular complexity index is 571. The van der Waals surface area contributed by atoms with Crippen molar-refractivity contribution >= 4 is 33.6 Å². The van der Waals surface area contributed by atoms with Crippen LogP contribution in [0.15, 0.2) is 16.6 Å². The normalized spacial score (nSPS) is 10.1. The summed E-state index contributed by atoms with van der Waals surface area (Å²) in [5.74, 6) is -1.28. The van der Waals surface area contributed by atoms with E-state index in [2.05, 4.69) is 15.9 Å². The highest BCUT2D eigenvalue weighted by Gasteiger charge is 2.29. The van der Waals surface area contributed by atoms with Crippen molar-refractivity contribution < 1.29 is 28.7 Å². The molecule has 0 heterocycles. The first-order chi connectivity index (χ1) is 9.76. The first-order valence-corrected chi connectivity index (χ1v) is 6.41. The van der Waals surface area contributed by atoms with Crippen molar-refractivity contribution in [2.75, 3.05) is 7.11 Å². The summed E-state index contributed by atoms with van der Waals surface area (Å²) in [4.78, 5) is 32.6. The number of carbonyl (C=O) groups is 2. The highest BCUT2D eigenvalue weighted by Crippen LogP contribution is 2.37. The van der Waals surface area contributed by atoms with E-state index in [-0.39, 0.29) is 11.3 Å². The molecule has 0 radical (unpaired) electrons. The molecular formula is C12H12BrNO7. The summed E-state index contributed by atoms with van der Waals surface area (Å²) < 4.78 is 15.0. The SMILES string of the molecule is COc1cc([N+](=O)[O-])c(C(OC(C)=O)OC(C)=O)cc1Br. The summed E-state index contributed by atoms with van der Waals surface area (Å²) in [5.41, 5.74) is -0.486. The van der Waals surface area contributed by atoms with E-state index in [1.54, 1.807) is 0 Å². The third kappa shape index (κ3) is 4.42. The largest absolute Gasteiger partial charge is 0.495 e. The average molecular weight is 362 g/mol. The first kappa shape index (κ1) is 16.9. The van der Waals surface area contributed by atoms with Gasteiger partial charge in [0.1, 0.15) is 11.3 Å². The van der Waals surface area contributed by atoms with Crippen LogP contribution in [0.3, 0.4) is 0 Å². The molecule has 0 aromatic heterocycles. The van der Waals surface area contributed by atoms with Gasteiger partial charge >= 0.3 is 11.9 Å². The second kappa shape index (κ2) is 7.02. The summed E-state index contributed by atoms with van der Waals surface area (Å²) in [7, 11) is 1.35. The number of nitro groups is 1. The molecule has 1 aromatic carbocycles. The van der Waals surface area contributed by atoms with Crippen molar-refractivity contribution in [3.05, 3.63) is 32.3 Å². The number of ether oxygens (including phenoxy) is 3. The second-order valence-electron chi connectivity index (χ2n) is 3.85. The molecule has 0 amide bonds. The van der Waals surface area contributed by atoms with Crippen LogP contribution >= 0.6 is 15.9 Å². The number of hydrogen-bond donors (Lipinski definition) is 0. The molecule has 0 saturated carbocycles. The molecule has 0 bridgehead atoms. The van der Waals surface area contributed by atoms with E-state index in [1.807, 2.05) is 0 Å². The van der Waals surface area contributed by atoms with Gasteiger partial charge in [-0.2, -0.15) is 0 Å². The maximum Gasteiger partial charge on any atom is 0.305 e. The molecule has 0 spiro atoms. The van der Waals surface area contributed by atoms with Gasteiger partial charge < -0.3 is 14.2 Å². The number of hydrogen-bond acceptors (Lipinski definition) is 7. The van der Waals surface area contributed by atoms with E-state index in [0.717, 1.165) is 19.9 Å². The van der Waals surface area contributed by atoms with Crippen molar-refractivity contribution in [2.45, 2.75) is 20.1 Å². The molecule has 114 valence electrons. The second-order valence-corrected chi connectivity index (χ2v) is 4.71. The van der Waals surface area contributed by atoms with Gasteiger partial charge in [-0.1, -0.05) is 0 Å². The van der Waals surface area contributed by atoms with Gasteiger partial charge in [0.2, 0.25) is 0 Å². The van der Waals surface area contributed by atoms with Gasteiger partial charge in [-0.3, -0.25) is 19.7 Å². The maximum absolute atomic E-state index is 11.1. The Hall–Kier alpha value is -2.16. The molecule has 0 aliphatic carbocycles. The molecule has 0 aliphatic rings. The molecule has 1 aromatic rings. The first-order valence-electron chi connectivity index (χ1n) is 5.62. The van der Waals surface area contributed by atoms with Crippen molar-refractivity contribution in [2.24, 2.45) is 0 Å². The Balaban J connectivity index is 3.40. The monoisotopic (exact) mass is 361 g/mol. The summed E-state index contributed by atoms with van der Waals surface area (Å²) in [6.07, 6.45) is -1.51. The van der Waals surface area contributed by atoms with Crippen molar-refractivity contribution in [3.63, 3.8) is 0 Å². The van der Waals surface area contributed by atoms with Crippen molar-refractivity contribution in [1.29, 1.82) is 0 Å². The molecule has 0 atom stereocenters. The molecule has 0 saturated heterocycles. The smallest absolute Gasteiger partial charge is 0.305 e. The Morgan fingerprint density at radius 2 is 1.76 bits per heavy atom. The number of benzene rings is 1. The van der Waals surface area contributed by atoms with Gasteiger partial charge in [-0.15, -0.1) is 0 Å². The van der Waals surface area contributed by atoms with E-state index < -0.39 is 28.8 Å². The minimum Gasteiger partial charge on any atom is -0.495 e. The van der Waals surface area contributed by atoms with E-state index in [0.29, 0.717) is 4.47 Å². The number of esters is 2.